The molecule has 0 amide bonds. The molecule has 3 aromatic rings. The third-order valence-electron chi connectivity index (χ3n) is 6.54. The molecule has 156 valence electrons. The van der Waals surface area contributed by atoms with Crippen molar-refractivity contribution in [1.82, 2.24) is 0 Å². The van der Waals surface area contributed by atoms with Crippen LogP contribution in [0.5, 0.6) is 0 Å². The van der Waals surface area contributed by atoms with Crippen molar-refractivity contribution in [2.45, 2.75) is 47.5 Å². The van der Waals surface area contributed by atoms with Crippen LogP contribution in [0.4, 0.5) is 0 Å². The third kappa shape index (κ3) is 4.75. The first-order valence-corrected chi connectivity index (χ1v) is 11.2. The van der Waals surface area contributed by atoms with E-state index in [2.05, 4.69) is 102 Å². The zero-order chi connectivity index (χ0) is 21.8. The lowest BCUT2D eigenvalue weighted by molar-refractivity contribution is 0.286. The number of hydrogen-bond acceptors (Lipinski definition) is 0. The fraction of sp³-hybridized carbons (Fsp3) is 0.333. The Balaban J connectivity index is 2.05. The van der Waals surface area contributed by atoms with Crippen molar-refractivity contribution in [2.75, 3.05) is 0 Å². The molecule has 0 nitrogen and oxygen atoms in total. The van der Waals surface area contributed by atoms with E-state index in [1.807, 2.05) is 6.08 Å². The largest absolute Gasteiger partial charge is 0.0985 e. The highest BCUT2D eigenvalue weighted by atomic mass is 14.3. The smallest absolute Gasteiger partial charge is 0.00228 e. The molecule has 0 heteroatoms. The molecule has 30 heavy (non-hydrogen) atoms. The minimum atomic E-state index is 0.659. The molecule has 0 aromatic heterocycles. The first-order chi connectivity index (χ1) is 14.3. The van der Waals surface area contributed by atoms with Gasteiger partial charge in [0.15, 0.2) is 0 Å². The molecule has 0 unspecified atom stereocenters. The highest BCUT2D eigenvalue weighted by Crippen LogP contribution is 2.34. The molecule has 0 spiro atoms. The highest BCUT2D eigenvalue weighted by Gasteiger charge is 2.21. The summed E-state index contributed by atoms with van der Waals surface area (Å²) in [6, 6.07) is 20.0. The van der Waals surface area contributed by atoms with E-state index in [-0.39, 0.29) is 0 Å². The highest BCUT2D eigenvalue weighted by molar-refractivity contribution is 5.95. The summed E-state index contributed by atoms with van der Waals surface area (Å²) in [4.78, 5) is 0. The van der Waals surface area contributed by atoms with Gasteiger partial charge in [0, 0.05) is 0 Å². The van der Waals surface area contributed by atoms with Crippen LogP contribution in [0.3, 0.4) is 0 Å². The van der Waals surface area contributed by atoms with Crippen LogP contribution in [0.2, 0.25) is 0 Å². The first-order valence-electron chi connectivity index (χ1n) is 11.2. The van der Waals surface area contributed by atoms with Gasteiger partial charge in [-0.15, -0.1) is 0 Å². The van der Waals surface area contributed by atoms with Crippen molar-refractivity contribution in [3.8, 4) is 0 Å². The Morgan fingerprint density at radius 2 is 1.57 bits per heavy atom. The minimum absolute atomic E-state index is 0.659. The Morgan fingerprint density at radius 1 is 0.900 bits per heavy atom. The van der Waals surface area contributed by atoms with Crippen molar-refractivity contribution in [3.63, 3.8) is 0 Å². The van der Waals surface area contributed by atoms with Crippen LogP contribution >= 0.6 is 0 Å². The van der Waals surface area contributed by atoms with E-state index >= 15 is 0 Å². The Labute approximate surface area is 183 Å². The summed E-state index contributed by atoms with van der Waals surface area (Å²) in [7, 11) is 0. The summed E-state index contributed by atoms with van der Waals surface area (Å²) in [6.07, 6.45) is 3.88. The normalized spacial score (nSPS) is 11.6. The fourth-order valence-electron chi connectivity index (χ4n) is 4.76. The Morgan fingerprint density at radius 3 is 2.20 bits per heavy atom. The monoisotopic (exact) mass is 396 g/mol. The average Bonchev–Trinajstić information content (AvgIpc) is 2.72. The number of allylic oxidation sites excluding steroid dienone is 1. The lowest BCUT2D eigenvalue weighted by Gasteiger charge is -2.27. The second kappa shape index (κ2) is 9.47. The first kappa shape index (κ1) is 22.1. The van der Waals surface area contributed by atoms with Crippen LogP contribution in [-0.2, 0) is 12.8 Å². The molecule has 0 radical (unpaired) electrons. The van der Waals surface area contributed by atoms with E-state index < -0.39 is 0 Å². The zero-order valence-corrected chi connectivity index (χ0v) is 19.3. The van der Waals surface area contributed by atoms with Gasteiger partial charge in [-0.3, -0.25) is 0 Å². The van der Waals surface area contributed by atoms with Crippen LogP contribution in [0.25, 0.3) is 22.4 Å². The van der Waals surface area contributed by atoms with E-state index in [1.165, 1.54) is 44.2 Å². The maximum Gasteiger partial charge on any atom is -0.00228 e. The lowest BCUT2D eigenvalue weighted by atomic mass is 9.78. The SMILES string of the molecule is C=Cc1ccc(CC(=C)c2c(CC(C(C)C)C(C)C)ccc3ccccc23)c(C)c1. The Hall–Kier alpha value is -2.60. The molecule has 0 atom stereocenters. The van der Waals surface area contributed by atoms with E-state index in [0.29, 0.717) is 17.8 Å². The molecule has 0 aliphatic carbocycles. The van der Waals surface area contributed by atoms with Crippen molar-refractivity contribution in [1.29, 1.82) is 0 Å². The molecule has 0 fully saturated rings. The molecule has 0 saturated carbocycles. The van der Waals surface area contributed by atoms with Crippen LogP contribution < -0.4 is 0 Å². The van der Waals surface area contributed by atoms with Crippen LogP contribution in [-0.4, -0.2) is 0 Å². The minimum Gasteiger partial charge on any atom is -0.0985 e. The van der Waals surface area contributed by atoms with Gasteiger partial charge in [-0.1, -0.05) is 102 Å². The van der Waals surface area contributed by atoms with E-state index in [0.717, 1.165) is 12.8 Å². The summed E-state index contributed by atoms with van der Waals surface area (Å²) >= 11 is 0. The van der Waals surface area contributed by atoms with Gasteiger partial charge in [0.25, 0.3) is 0 Å². The third-order valence-corrected chi connectivity index (χ3v) is 6.54. The van der Waals surface area contributed by atoms with Gasteiger partial charge in [0.05, 0.1) is 0 Å². The molecular formula is C30H36. The zero-order valence-electron chi connectivity index (χ0n) is 19.3. The number of aryl methyl sites for hydroxylation is 1. The molecule has 3 aromatic carbocycles. The topological polar surface area (TPSA) is 0 Å². The van der Waals surface area contributed by atoms with Gasteiger partial charge in [-0.05, 0) is 81.7 Å². The maximum atomic E-state index is 4.59. The average molecular weight is 397 g/mol. The number of fused-ring (bicyclic) bond motifs is 1. The Kier molecular flexibility index (Phi) is 6.98. The number of rotatable bonds is 8. The van der Waals surface area contributed by atoms with Crippen molar-refractivity contribution in [2.24, 2.45) is 17.8 Å². The second-order valence-electron chi connectivity index (χ2n) is 9.35. The Bertz CT molecular complexity index is 1040. The molecule has 0 aliphatic rings. The van der Waals surface area contributed by atoms with E-state index in [1.54, 1.807) is 0 Å². The van der Waals surface area contributed by atoms with Crippen LogP contribution in [0, 0.1) is 24.7 Å². The number of benzene rings is 3. The van der Waals surface area contributed by atoms with Gasteiger partial charge in [-0.25, -0.2) is 0 Å². The summed E-state index contributed by atoms with van der Waals surface area (Å²) in [6.45, 7) is 20.1. The van der Waals surface area contributed by atoms with Crippen LogP contribution in [0.15, 0.2) is 67.8 Å². The summed E-state index contributed by atoms with van der Waals surface area (Å²) in [5.41, 5.74) is 7.82. The van der Waals surface area contributed by atoms with Crippen molar-refractivity contribution in [3.05, 3.63) is 95.6 Å². The molecule has 0 N–H and O–H groups in total. The van der Waals surface area contributed by atoms with Gasteiger partial charge >= 0.3 is 0 Å². The summed E-state index contributed by atoms with van der Waals surface area (Å²) in [5.74, 6) is 1.98. The summed E-state index contributed by atoms with van der Waals surface area (Å²) in [5, 5.41) is 2.62. The second-order valence-corrected chi connectivity index (χ2v) is 9.35. The van der Waals surface area contributed by atoms with Crippen molar-refractivity contribution < 1.29 is 0 Å². The lowest BCUT2D eigenvalue weighted by Crippen LogP contribution is -2.19. The van der Waals surface area contributed by atoms with Gasteiger partial charge < -0.3 is 0 Å². The van der Waals surface area contributed by atoms with Crippen LogP contribution in [0.1, 0.15) is 55.5 Å². The van der Waals surface area contributed by atoms with Gasteiger partial charge in [-0.2, -0.15) is 0 Å². The molecule has 0 saturated heterocycles. The van der Waals surface area contributed by atoms with Gasteiger partial charge in [0.1, 0.15) is 0 Å². The number of hydrogen-bond donors (Lipinski definition) is 0. The molecular weight excluding hydrogens is 360 g/mol. The van der Waals surface area contributed by atoms with E-state index in [4.69, 9.17) is 0 Å². The standard InChI is InChI=1S/C30H36/c1-8-24-13-14-26(22(6)17-24)18-23(7)30-27(19-29(20(2)3)21(4)5)16-15-25-11-9-10-12-28(25)30/h8-17,20-21,29H,1,7,18-19H2,2-6H3. The molecule has 0 heterocycles. The van der Waals surface area contributed by atoms with Crippen molar-refractivity contribution >= 4 is 22.4 Å². The summed E-state index contributed by atoms with van der Waals surface area (Å²) < 4.78 is 0. The van der Waals surface area contributed by atoms with Gasteiger partial charge in [0.2, 0.25) is 0 Å². The predicted octanol–water partition coefficient (Wildman–Crippen LogP) is 8.52. The predicted molar refractivity (Wildman–Crippen MR) is 135 cm³/mol. The maximum absolute atomic E-state index is 4.59. The van der Waals surface area contributed by atoms with E-state index in [9.17, 15) is 0 Å². The molecule has 3 rings (SSSR count). The molecule has 0 bridgehead atoms. The fourth-order valence-corrected chi connectivity index (χ4v) is 4.76. The molecule has 0 aliphatic heterocycles. The quantitative estimate of drug-likeness (QED) is 0.358.